The lowest BCUT2D eigenvalue weighted by atomic mass is 9.70. The first-order chi connectivity index (χ1) is 6.02. The van der Waals surface area contributed by atoms with Gasteiger partial charge in [0.05, 0.1) is 11.2 Å². The zero-order valence-electron chi connectivity index (χ0n) is 8.90. The topological polar surface area (TPSA) is 9.23 Å². The summed E-state index contributed by atoms with van der Waals surface area (Å²) in [6.07, 6.45) is 1.14. The Kier molecular flexibility index (Phi) is 2.51. The van der Waals surface area contributed by atoms with Crippen molar-refractivity contribution < 1.29 is 17.7 Å². The van der Waals surface area contributed by atoms with E-state index in [0.29, 0.717) is 0 Å². The van der Waals surface area contributed by atoms with Crippen molar-refractivity contribution >= 4 is 6.98 Å². The second-order valence-corrected chi connectivity index (χ2v) is 4.94. The minimum Gasteiger partial charge on any atom is -0.445 e. The van der Waals surface area contributed by atoms with Crippen LogP contribution in [-0.2, 0) is 4.74 Å². The highest BCUT2D eigenvalue weighted by Gasteiger charge is 2.40. The summed E-state index contributed by atoms with van der Waals surface area (Å²) >= 11 is 0. The molecule has 0 aromatic carbocycles. The van der Waals surface area contributed by atoms with Crippen LogP contribution >= 0.6 is 0 Å². The molecule has 0 aliphatic carbocycles. The second kappa shape index (κ2) is 3.02. The summed E-state index contributed by atoms with van der Waals surface area (Å²) in [5.41, 5.74) is -1.98. The molecule has 0 atom stereocenters. The Morgan fingerprint density at radius 1 is 1.21 bits per heavy atom. The number of rotatable bonds is 1. The molecule has 5 heteroatoms. The minimum absolute atomic E-state index is 0.0556. The molecule has 0 saturated heterocycles. The Balaban J connectivity index is 3.03. The average molecular weight is 207 g/mol. The Hall–Kier alpha value is -0.445. The van der Waals surface area contributed by atoms with Crippen LogP contribution in [0.3, 0.4) is 0 Å². The monoisotopic (exact) mass is 207 g/mol. The first-order valence-corrected chi connectivity index (χ1v) is 4.64. The summed E-state index contributed by atoms with van der Waals surface area (Å²) in [6.45, 7) is 1.79. The van der Waals surface area contributed by atoms with E-state index in [1.165, 1.54) is 6.08 Å². The molecule has 0 radical (unpaired) electrons. The molecule has 0 aromatic rings. The maximum absolute atomic E-state index is 12.6. The van der Waals surface area contributed by atoms with E-state index in [-0.39, 0.29) is 6.42 Å². The van der Waals surface area contributed by atoms with Crippen LogP contribution in [0, 0.1) is 0 Å². The maximum Gasteiger partial charge on any atom is 0.505 e. The summed E-state index contributed by atoms with van der Waals surface area (Å²) < 4.78 is 43.2. The van der Waals surface area contributed by atoms with Gasteiger partial charge in [0, 0.05) is 0 Å². The predicted octanol–water partition coefficient (Wildman–Crippen LogP) is 3.28. The van der Waals surface area contributed by atoms with Gasteiger partial charge in [-0.1, -0.05) is 6.08 Å². The first-order valence-electron chi connectivity index (χ1n) is 4.64. The normalized spacial score (nSPS) is 25.8. The van der Waals surface area contributed by atoms with Crippen LogP contribution in [0.1, 0.15) is 34.1 Å². The van der Waals surface area contributed by atoms with E-state index in [1.807, 2.05) is 0 Å². The lowest BCUT2D eigenvalue weighted by Gasteiger charge is -2.43. The molecule has 1 aliphatic rings. The van der Waals surface area contributed by atoms with Crippen LogP contribution in [0.15, 0.2) is 11.5 Å². The van der Waals surface area contributed by atoms with Gasteiger partial charge < -0.3 is 17.7 Å². The molecule has 1 aliphatic heterocycles. The van der Waals surface area contributed by atoms with Gasteiger partial charge in [0.2, 0.25) is 0 Å². The molecule has 0 unspecified atom stereocenters. The largest absolute Gasteiger partial charge is 0.505 e. The number of hydrogen-bond donors (Lipinski definition) is 0. The molecule has 82 valence electrons. The van der Waals surface area contributed by atoms with Crippen molar-refractivity contribution in [2.75, 3.05) is 0 Å². The Morgan fingerprint density at radius 3 is 2.07 bits per heavy atom. The van der Waals surface area contributed by atoms with Crippen molar-refractivity contribution in [3.8, 4) is 0 Å². The first kappa shape index (κ1) is 11.6. The number of hydrogen-bond acceptors (Lipinski definition) is 1. The summed E-state index contributed by atoms with van der Waals surface area (Å²) in [5.74, 6) is 0. The lowest BCUT2D eigenvalue weighted by molar-refractivity contribution is -0.105. The van der Waals surface area contributed by atoms with Crippen LogP contribution in [-0.4, -0.2) is 18.2 Å². The SMILES string of the molecule is CC1(C)C=C([B-](F)(F)F)CC(C)(C)O1. The highest BCUT2D eigenvalue weighted by atomic mass is 19.4. The molecule has 1 rings (SSSR count). The van der Waals surface area contributed by atoms with Crippen LogP contribution in [0.2, 0.25) is 0 Å². The highest BCUT2D eigenvalue weighted by molar-refractivity contribution is 6.66. The predicted molar refractivity (Wildman–Crippen MR) is 51.0 cm³/mol. The lowest BCUT2D eigenvalue weighted by Crippen LogP contribution is -2.43. The molecule has 0 spiro atoms. The van der Waals surface area contributed by atoms with E-state index in [0.717, 1.165) is 0 Å². The number of halogens is 3. The summed E-state index contributed by atoms with van der Waals surface area (Å²) in [4.78, 5) is 0. The summed E-state index contributed by atoms with van der Waals surface area (Å²) in [5, 5.41) is 0. The van der Waals surface area contributed by atoms with Crippen LogP contribution < -0.4 is 0 Å². The molecule has 0 aromatic heterocycles. The van der Waals surface area contributed by atoms with Gasteiger partial charge in [0.25, 0.3) is 0 Å². The Bertz CT molecular complexity index is 266. The highest BCUT2D eigenvalue weighted by Crippen LogP contribution is 2.38. The van der Waals surface area contributed by atoms with Crippen molar-refractivity contribution in [3.05, 3.63) is 11.5 Å². The summed E-state index contributed by atoms with van der Waals surface area (Å²) in [6, 6.07) is 0. The van der Waals surface area contributed by atoms with Crippen molar-refractivity contribution in [1.29, 1.82) is 0 Å². The van der Waals surface area contributed by atoms with Gasteiger partial charge in [0.15, 0.2) is 0 Å². The zero-order chi connectivity index (χ0) is 11.2. The molecule has 1 nitrogen and oxygen atoms in total. The maximum atomic E-state index is 12.6. The molecular formula is C9H15BF3O-. The molecule has 0 bridgehead atoms. The van der Waals surface area contributed by atoms with Gasteiger partial charge in [-0.3, -0.25) is 0 Å². The van der Waals surface area contributed by atoms with E-state index in [2.05, 4.69) is 0 Å². The van der Waals surface area contributed by atoms with Crippen molar-refractivity contribution in [3.63, 3.8) is 0 Å². The smallest absolute Gasteiger partial charge is 0.445 e. The molecule has 14 heavy (non-hydrogen) atoms. The standard InChI is InChI=1S/C9H15BF3O/c1-8(2)5-7(10(11,12)13)6-9(3,4)14-8/h5H,6H2,1-4H3/q-1. The average Bonchev–Trinajstić information content (AvgIpc) is 1.76. The van der Waals surface area contributed by atoms with Crippen molar-refractivity contribution in [1.82, 2.24) is 0 Å². The summed E-state index contributed by atoms with van der Waals surface area (Å²) in [7, 11) is 0. The fraction of sp³-hybridized carbons (Fsp3) is 0.778. The van der Waals surface area contributed by atoms with E-state index in [4.69, 9.17) is 4.74 Å². The quantitative estimate of drug-likeness (QED) is 0.599. The fourth-order valence-corrected chi connectivity index (χ4v) is 1.98. The second-order valence-electron chi connectivity index (χ2n) is 4.94. The van der Waals surface area contributed by atoms with Gasteiger partial charge in [-0.05, 0) is 34.1 Å². The molecule has 0 amide bonds. The third-order valence-electron chi connectivity index (χ3n) is 2.12. The van der Waals surface area contributed by atoms with Crippen molar-refractivity contribution in [2.24, 2.45) is 0 Å². The minimum atomic E-state index is -4.87. The molecule has 0 saturated carbocycles. The molecule has 0 fully saturated rings. The fourth-order valence-electron chi connectivity index (χ4n) is 1.98. The molecule has 1 heterocycles. The van der Waals surface area contributed by atoms with Crippen LogP contribution in [0.25, 0.3) is 0 Å². The van der Waals surface area contributed by atoms with E-state index in [1.54, 1.807) is 27.7 Å². The third-order valence-corrected chi connectivity index (χ3v) is 2.12. The van der Waals surface area contributed by atoms with Crippen LogP contribution in [0.4, 0.5) is 12.9 Å². The van der Waals surface area contributed by atoms with Gasteiger partial charge in [-0.25, -0.2) is 0 Å². The molecular weight excluding hydrogens is 192 g/mol. The van der Waals surface area contributed by atoms with Gasteiger partial charge in [-0.15, -0.1) is 5.47 Å². The van der Waals surface area contributed by atoms with Crippen LogP contribution in [0.5, 0.6) is 0 Å². The van der Waals surface area contributed by atoms with E-state index >= 15 is 0 Å². The zero-order valence-corrected chi connectivity index (χ0v) is 8.90. The van der Waals surface area contributed by atoms with Gasteiger partial charge in [-0.2, -0.15) is 0 Å². The Morgan fingerprint density at radius 2 is 1.71 bits per heavy atom. The molecule has 0 N–H and O–H groups in total. The van der Waals surface area contributed by atoms with Gasteiger partial charge in [0.1, 0.15) is 0 Å². The van der Waals surface area contributed by atoms with E-state index in [9.17, 15) is 12.9 Å². The van der Waals surface area contributed by atoms with Gasteiger partial charge >= 0.3 is 6.98 Å². The van der Waals surface area contributed by atoms with Crippen molar-refractivity contribution in [2.45, 2.75) is 45.3 Å². The third kappa shape index (κ3) is 2.77. The van der Waals surface area contributed by atoms with E-state index < -0.39 is 23.7 Å². The Labute approximate surface area is 82.4 Å². The number of ether oxygens (including phenoxy) is 1.